The summed E-state index contributed by atoms with van der Waals surface area (Å²) in [6.45, 7) is 0.447. The molecule has 98 valence electrons. The minimum Gasteiger partial charge on any atom is -0.467 e. The summed E-state index contributed by atoms with van der Waals surface area (Å²) in [7, 11) is 1.61. The number of rotatable bonds is 5. The number of carbonyl (C=O) groups excluding carboxylic acids is 1. The molecule has 18 heavy (non-hydrogen) atoms. The second-order valence-electron chi connectivity index (χ2n) is 4.47. The molecule has 1 N–H and O–H groups in total. The van der Waals surface area contributed by atoms with Crippen LogP contribution in [0.25, 0.3) is 0 Å². The van der Waals surface area contributed by atoms with Crippen molar-refractivity contribution in [1.29, 1.82) is 0 Å². The molecular weight excluding hydrogens is 230 g/mol. The molecular formula is C14H19NO3. The Kier molecular flexibility index (Phi) is 4.59. The highest BCUT2D eigenvalue weighted by Gasteiger charge is 2.20. The summed E-state index contributed by atoms with van der Waals surface area (Å²) in [5.41, 5.74) is 0. The number of ether oxygens (including phenoxy) is 1. The molecule has 1 aliphatic carbocycles. The van der Waals surface area contributed by atoms with Crippen LogP contribution in [0.5, 0.6) is 0 Å². The van der Waals surface area contributed by atoms with Crippen LogP contribution in [0.2, 0.25) is 0 Å². The first-order valence-corrected chi connectivity index (χ1v) is 6.30. The monoisotopic (exact) mass is 249 g/mol. The third-order valence-electron chi connectivity index (χ3n) is 3.25. The standard InChI is InChI=1S/C14H19NO3/c1-17-13(12-8-5-9-18-12)10-15-14(16)11-6-3-2-4-7-11/h2-3,5,8-9,11,13H,4,6-7,10H2,1H3,(H,15,16)/t11-,13+/m0/s1. The van der Waals surface area contributed by atoms with Gasteiger partial charge in [0.15, 0.2) is 0 Å². The van der Waals surface area contributed by atoms with E-state index in [9.17, 15) is 4.79 Å². The van der Waals surface area contributed by atoms with E-state index in [-0.39, 0.29) is 17.9 Å². The number of allylic oxidation sites excluding steroid dienone is 2. The lowest BCUT2D eigenvalue weighted by atomic mass is 9.93. The summed E-state index contributed by atoms with van der Waals surface area (Å²) < 4.78 is 10.6. The normalized spacial score (nSPS) is 20.6. The van der Waals surface area contributed by atoms with E-state index in [0.717, 1.165) is 25.0 Å². The number of furan rings is 1. The van der Waals surface area contributed by atoms with Crippen molar-refractivity contribution >= 4 is 5.91 Å². The van der Waals surface area contributed by atoms with Crippen molar-refractivity contribution in [3.63, 3.8) is 0 Å². The molecule has 1 aromatic rings. The van der Waals surface area contributed by atoms with Gasteiger partial charge in [-0.25, -0.2) is 0 Å². The SMILES string of the molecule is CO[C@H](CNC(=O)[C@H]1CC=CCC1)c1ccco1. The quantitative estimate of drug-likeness (QED) is 0.815. The average molecular weight is 249 g/mol. The number of hydrogen-bond donors (Lipinski definition) is 1. The average Bonchev–Trinajstić information content (AvgIpc) is 2.94. The largest absolute Gasteiger partial charge is 0.467 e. The molecule has 1 aromatic heterocycles. The van der Waals surface area contributed by atoms with Crippen molar-refractivity contribution in [2.75, 3.05) is 13.7 Å². The molecule has 0 fully saturated rings. The van der Waals surface area contributed by atoms with Crippen LogP contribution in [0.15, 0.2) is 35.0 Å². The molecule has 0 aromatic carbocycles. The molecule has 1 amide bonds. The molecule has 0 radical (unpaired) electrons. The van der Waals surface area contributed by atoms with Crippen molar-refractivity contribution < 1.29 is 13.9 Å². The van der Waals surface area contributed by atoms with E-state index in [1.54, 1.807) is 13.4 Å². The first-order chi connectivity index (χ1) is 8.81. The van der Waals surface area contributed by atoms with Gasteiger partial charge >= 0.3 is 0 Å². The third-order valence-corrected chi connectivity index (χ3v) is 3.25. The van der Waals surface area contributed by atoms with Crippen LogP contribution in [0.3, 0.4) is 0 Å². The van der Waals surface area contributed by atoms with E-state index in [1.165, 1.54) is 0 Å². The summed E-state index contributed by atoms with van der Waals surface area (Å²) in [6.07, 6.45) is 8.35. The molecule has 1 heterocycles. The lowest BCUT2D eigenvalue weighted by molar-refractivity contribution is -0.125. The minimum atomic E-state index is -0.219. The molecule has 0 bridgehead atoms. The Labute approximate surface area is 107 Å². The Balaban J connectivity index is 1.82. The van der Waals surface area contributed by atoms with E-state index < -0.39 is 0 Å². The van der Waals surface area contributed by atoms with Crippen molar-refractivity contribution in [3.8, 4) is 0 Å². The Morgan fingerprint density at radius 1 is 1.61 bits per heavy atom. The predicted molar refractivity (Wildman–Crippen MR) is 67.9 cm³/mol. The van der Waals surface area contributed by atoms with Gasteiger partial charge in [0.25, 0.3) is 0 Å². The van der Waals surface area contributed by atoms with Gasteiger partial charge in [-0.1, -0.05) is 12.2 Å². The number of amides is 1. The maximum Gasteiger partial charge on any atom is 0.223 e. The van der Waals surface area contributed by atoms with Gasteiger partial charge in [0.1, 0.15) is 11.9 Å². The molecule has 2 atom stereocenters. The van der Waals surface area contributed by atoms with Gasteiger partial charge in [-0.05, 0) is 31.4 Å². The van der Waals surface area contributed by atoms with E-state index in [1.807, 2.05) is 12.1 Å². The van der Waals surface area contributed by atoms with Gasteiger partial charge in [0, 0.05) is 13.0 Å². The molecule has 1 aliphatic rings. The highest BCUT2D eigenvalue weighted by atomic mass is 16.5. The Hall–Kier alpha value is -1.55. The van der Waals surface area contributed by atoms with E-state index in [4.69, 9.17) is 9.15 Å². The van der Waals surface area contributed by atoms with Crippen LogP contribution in [-0.4, -0.2) is 19.6 Å². The maximum absolute atomic E-state index is 12.0. The lowest BCUT2D eigenvalue weighted by Gasteiger charge is -2.19. The van der Waals surface area contributed by atoms with Crippen LogP contribution < -0.4 is 5.32 Å². The second kappa shape index (κ2) is 6.40. The van der Waals surface area contributed by atoms with Gasteiger partial charge < -0.3 is 14.5 Å². The van der Waals surface area contributed by atoms with Crippen molar-refractivity contribution in [3.05, 3.63) is 36.3 Å². The number of hydrogen-bond acceptors (Lipinski definition) is 3. The molecule has 0 saturated carbocycles. The molecule has 0 aliphatic heterocycles. The van der Waals surface area contributed by atoms with Gasteiger partial charge in [-0.3, -0.25) is 4.79 Å². The zero-order valence-corrected chi connectivity index (χ0v) is 10.6. The summed E-state index contributed by atoms with van der Waals surface area (Å²) in [5, 5.41) is 2.93. The molecule has 4 nitrogen and oxygen atoms in total. The van der Waals surface area contributed by atoms with Gasteiger partial charge in [-0.2, -0.15) is 0 Å². The second-order valence-corrected chi connectivity index (χ2v) is 4.47. The summed E-state index contributed by atoms with van der Waals surface area (Å²) in [5.74, 6) is 0.943. The highest BCUT2D eigenvalue weighted by molar-refractivity contribution is 5.79. The summed E-state index contributed by atoms with van der Waals surface area (Å²) in [6, 6.07) is 3.67. The van der Waals surface area contributed by atoms with Crippen molar-refractivity contribution in [2.24, 2.45) is 5.92 Å². The Morgan fingerprint density at radius 2 is 2.50 bits per heavy atom. The Bertz CT molecular complexity index is 397. The van der Waals surface area contributed by atoms with Crippen molar-refractivity contribution in [1.82, 2.24) is 5.32 Å². The molecule has 2 rings (SSSR count). The summed E-state index contributed by atoms with van der Waals surface area (Å²) in [4.78, 5) is 12.0. The predicted octanol–water partition coefficient (Wildman–Crippen LogP) is 2.44. The Morgan fingerprint density at radius 3 is 3.11 bits per heavy atom. The van der Waals surface area contributed by atoms with Crippen molar-refractivity contribution in [2.45, 2.75) is 25.4 Å². The van der Waals surface area contributed by atoms with Gasteiger partial charge in [-0.15, -0.1) is 0 Å². The van der Waals surface area contributed by atoms with Crippen LogP contribution in [0.1, 0.15) is 31.1 Å². The topological polar surface area (TPSA) is 51.5 Å². The smallest absolute Gasteiger partial charge is 0.223 e. The third kappa shape index (κ3) is 3.23. The highest BCUT2D eigenvalue weighted by Crippen LogP contribution is 2.19. The zero-order valence-electron chi connectivity index (χ0n) is 10.6. The maximum atomic E-state index is 12.0. The fourth-order valence-electron chi connectivity index (χ4n) is 2.14. The molecule has 4 heteroatoms. The summed E-state index contributed by atoms with van der Waals surface area (Å²) >= 11 is 0. The zero-order chi connectivity index (χ0) is 12.8. The van der Waals surface area contributed by atoms with Crippen LogP contribution in [0.4, 0.5) is 0 Å². The van der Waals surface area contributed by atoms with Crippen LogP contribution in [0, 0.1) is 5.92 Å². The minimum absolute atomic E-state index is 0.101. The first kappa shape index (κ1) is 12.9. The van der Waals surface area contributed by atoms with Gasteiger partial charge in [0.05, 0.1) is 12.8 Å². The lowest BCUT2D eigenvalue weighted by Crippen LogP contribution is -2.34. The number of nitrogens with one attached hydrogen (secondary N) is 1. The number of carbonyl (C=O) groups is 1. The van der Waals surface area contributed by atoms with E-state index >= 15 is 0 Å². The first-order valence-electron chi connectivity index (χ1n) is 6.30. The van der Waals surface area contributed by atoms with Gasteiger partial charge in [0.2, 0.25) is 5.91 Å². The molecule has 0 spiro atoms. The fraction of sp³-hybridized carbons (Fsp3) is 0.500. The molecule has 0 saturated heterocycles. The van der Waals surface area contributed by atoms with Crippen LogP contribution >= 0.6 is 0 Å². The molecule has 0 unspecified atom stereocenters. The van der Waals surface area contributed by atoms with E-state index in [2.05, 4.69) is 17.5 Å². The van der Waals surface area contributed by atoms with E-state index in [0.29, 0.717) is 6.54 Å². The fourth-order valence-corrected chi connectivity index (χ4v) is 2.14. The number of methoxy groups -OCH3 is 1. The van der Waals surface area contributed by atoms with Crippen LogP contribution in [-0.2, 0) is 9.53 Å².